The summed E-state index contributed by atoms with van der Waals surface area (Å²) in [6, 6.07) is 12.9. The minimum Gasteiger partial charge on any atom is -0.483 e. The maximum atomic E-state index is 12.2. The quantitative estimate of drug-likeness (QED) is 0.513. The third kappa shape index (κ3) is 5.41. The topological polar surface area (TPSA) is 67.4 Å². The van der Waals surface area contributed by atoms with E-state index in [9.17, 15) is 9.59 Å². The first-order valence-electron chi connectivity index (χ1n) is 7.94. The van der Waals surface area contributed by atoms with E-state index in [1.165, 1.54) is 11.8 Å². The van der Waals surface area contributed by atoms with Crippen LogP contribution in [0.1, 0.15) is 11.1 Å². The van der Waals surface area contributed by atoms with E-state index in [1.807, 2.05) is 43.3 Å². The summed E-state index contributed by atoms with van der Waals surface area (Å²) < 4.78 is 6.93. The lowest BCUT2D eigenvalue weighted by molar-refractivity contribution is -0.118. The van der Waals surface area contributed by atoms with Gasteiger partial charge in [0.05, 0.1) is 4.91 Å². The highest BCUT2D eigenvalue weighted by Gasteiger charge is 2.22. The molecule has 0 unspecified atom stereocenters. The van der Waals surface area contributed by atoms with Crippen molar-refractivity contribution in [3.63, 3.8) is 0 Å². The van der Waals surface area contributed by atoms with Gasteiger partial charge in [-0.15, -0.1) is 0 Å². The number of hydrogen-bond donors (Lipinski definition) is 2. The number of halogens is 1. The molecule has 8 heteroatoms. The van der Waals surface area contributed by atoms with Crippen LogP contribution in [0.15, 0.2) is 51.8 Å². The fraction of sp³-hybridized carbons (Fsp3) is 0.105. The van der Waals surface area contributed by atoms with Crippen LogP contribution >= 0.6 is 39.9 Å². The number of rotatable bonds is 5. The van der Waals surface area contributed by atoms with Gasteiger partial charge in [0.2, 0.25) is 0 Å². The Bertz CT molecular complexity index is 960. The van der Waals surface area contributed by atoms with Crippen molar-refractivity contribution < 1.29 is 14.3 Å². The van der Waals surface area contributed by atoms with Crippen LogP contribution in [-0.4, -0.2) is 22.7 Å². The van der Waals surface area contributed by atoms with Crippen molar-refractivity contribution in [3.05, 3.63) is 63.0 Å². The van der Waals surface area contributed by atoms with Gasteiger partial charge in [-0.1, -0.05) is 52.0 Å². The number of carbonyl (C=O) groups is 2. The van der Waals surface area contributed by atoms with Crippen molar-refractivity contribution in [2.24, 2.45) is 0 Å². The lowest BCUT2D eigenvalue weighted by atomic mass is 10.2. The van der Waals surface area contributed by atoms with E-state index in [1.54, 1.807) is 12.1 Å². The Hall–Kier alpha value is -2.16. The summed E-state index contributed by atoms with van der Waals surface area (Å²) in [6.45, 7) is 1.81. The molecule has 1 fully saturated rings. The van der Waals surface area contributed by atoms with Crippen LogP contribution in [0.2, 0.25) is 0 Å². The number of anilines is 1. The second-order valence-electron chi connectivity index (χ2n) is 5.74. The molecule has 1 aliphatic heterocycles. The molecule has 0 radical (unpaired) electrons. The molecular weight excluding hydrogens is 448 g/mol. The van der Waals surface area contributed by atoms with Gasteiger partial charge in [-0.05, 0) is 48.9 Å². The van der Waals surface area contributed by atoms with Crippen molar-refractivity contribution in [2.45, 2.75) is 6.92 Å². The Morgan fingerprint density at radius 1 is 1.33 bits per heavy atom. The fourth-order valence-electron chi connectivity index (χ4n) is 2.39. The number of aryl methyl sites for hydroxylation is 1. The first-order chi connectivity index (χ1) is 12.9. The smallest absolute Gasteiger partial charge is 0.263 e. The van der Waals surface area contributed by atoms with Crippen molar-refractivity contribution in [1.82, 2.24) is 5.32 Å². The number of nitrogens with one attached hydrogen (secondary N) is 2. The van der Waals surface area contributed by atoms with E-state index >= 15 is 0 Å². The Labute approximate surface area is 174 Å². The second kappa shape index (κ2) is 8.69. The highest BCUT2D eigenvalue weighted by molar-refractivity contribution is 9.10. The monoisotopic (exact) mass is 462 g/mol. The first kappa shape index (κ1) is 19.6. The van der Waals surface area contributed by atoms with Gasteiger partial charge in [-0.2, -0.15) is 0 Å². The third-order valence-electron chi connectivity index (χ3n) is 3.56. The van der Waals surface area contributed by atoms with Crippen LogP contribution in [-0.2, 0) is 9.59 Å². The molecule has 0 aliphatic carbocycles. The molecule has 0 atom stereocenters. The van der Waals surface area contributed by atoms with Crippen LogP contribution in [0.5, 0.6) is 5.75 Å². The third-order valence-corrected chi connectivity index (χ3v) is 5.22. The lowest BCUT2D eigenvalue weighted by Gasteiger charge is -2.11. The van der Waals surface area contributed by atoms with E-state index in [-0.39, 0.29) is 18.4 Å². The van der Waals surface area contributed by atoms with E-state index < -0.39 is 0 Å². The maximum Gasteiger partial charge on any atom is 0.263 e. The van der Waals surface area contributed by atoms with Gasteiger partial charge in [0, 0.05) is 15.7 Å². The van der Waals surface area contributed by atoms with Gasteiger partial charge >= 0.3 is 0 Å². The minimum atomic E-state index is -0.267. The van der Waals surface area contributed by atoms with Gasteiger partial charge in [0.15, 0.2) is 6.61 Å². The van der Waals surface area contributed by atoms with Gasteiger partial charge in [0.1, 0.15) is 10.1 Å². The summed E-state index contributed by atoms with van der Waals surface area (Å²) in [7, 11) is 0. The normalized spacial score (nSPS) is 15.0. The van der Waals surface area contributed by atoms with Gasteiger partial charge < -0.3 is 15.4 Å². The number of ether oxygens (including phenoxy) is 1. The summed E-state index contributed by atoms with van der Waals surface area (Å²) in [5, 5.41) is 5.37. The fourth-order valence-corrected chi connectivity index (χ4v) is 3.80. The average Bonchev–Trinajstić information content (AvgIpc) is 2.91. The Balaban J connectivity index is 1.71. The molecule has 3 rings (SSSR count). The van der Waals surface area contributed by atoms with Crippen molar-refractivity contribution in [1.29, 1.82) is 0 Å². The minimum absolute atomic E-state index is 0.149. The Kier molecular flexibility index (Phi) is 6.30. The highest BCUT2D eigenvalue weighted by atomic mass is 79.9. The molecule has 2 amide bonds. The molecule has 2 aromatic rings. The van der Waals surface area contributed by atoms with Crippen molar-refractivity contribution in [3.8, 4) is 5.75 Å². The van der Waals surface area contributed by atoms with E-state index in [2.05, 4.69) is 26.6 Å². The zero-order chi connectivity index (χ0) is 19.4. The van der Waals surface area contributed by atoms with E-state index in [0.717, 1.165) is 10.0 Å². The number of carbonyl (C=O) groups excluding carboxylic acids is 2. The number of amides is 2. The molecule has 0 aromatic heterocycles. The molecule has 2 N–H and O–H groups in total. The molecular formula is C19H15BrN2O3S2. The molecule has 5 nitrogen and oxygen atoms in total. The van der Waals surface area contributed by atoms with Crippen molar-refractivity contribution in [2.75, 3.05) is 11.9 Å². The SMILES string of the molecule is Cc1cccc(NC(=O)COc2ccc(Br)cc2/C=C2\SC(=S)NC2=O)c1. The van der Waals surface area contributed by atoms with E-state index in [4.69, 9.17) is 17.0 Å². The zero-order valence-corrected chi connectivity index (χ0v) is 17.5. The largest absolute Gasteiger partial charge is 0.483 e. The van der Waals surface area contributed by atoms with Gasteiger partial charge in [-0.25, -0.2) is 0 Å². The molecule has 1 heterocycles. The second-order valence-corrected chi connectivity index (χ2v) is 8.38. The van der Waals surface area contributed by atoms with Crippen molar-refractivity contribution >= 4 is 67.8 Å². The van der Waals surface area contributed by atoms with Crippen LogP contribution in [0.25, 0.3) is 6.08 Å². The first-order valence-corrected chi connectivity index (χ1v) is 9.96. The number of hydrogen-bond acceptors (Lipinski definition) is 5. The molecule has 2 aromatic carbocycles. The molecule has 0 bridgehead atoms. The molecule has 27 heavy (non-hydrogen) atoms. The standard InChI is InChI=1S/C19H15BrN2O3S2/c1-11-3-2-4-14(7-11)21-17(23)10-25-15-6-5-13(20)8-12(15)9-16-18(24)22-19(26)27-16/h2-9H,10H2,1H3,(H,21,23)(H,22,24,26)/b16-9-. The maximum absolute atomic E-state index is 12.2. The van der Waals surface area contributed by atoms with Crippen LogP contribution in [0.4, 0.5) is 5.69 Å². The predicted octanol–water partition coefficient (Wildman–Crippen LogP) is 4.26. The summed E-state index contributed by atoms with van der Waals surface area (Å²) in [6.07, 6.45) is 1.69. The van der Waals surface area contributed by atoms with Crippen LogP contribution < -0.4 is 15.4 Å². The summed E-state index contributed by atoms with van der Waals surface area (Å²) in [5.74, 6) is -0.0132. The molecule has 0 saturated carbocycles. The molecule has 0 spiro atoms. The average molecular weight is 463 g/mol. The Morgan fingerprint density at radius 3 is 2.85 bits per heavy atom. The molecule has 138 valence electrons. The number of thiocarbonyl (C=S) groups is 1. The lowest BCUT2D eigenvalue weighted by Crippen LogP contribution is -2.20. The van der Waals surface area contributed by atoms with Gasteiger partial charge in [-0.3, -0.25) is 9.59 Å². The summed E-state index contributed by atoms with van der Waals surface area (Å²) in [4.78, 5) is 24.5. The number of benzene rings is 2. The number of thioether (sulfide) groups is 1. The van der Waals surface area contributed by atoms with Crippen LogP contribution in [0, 0.1) is 6.92 Å². The van der Waals surface area contributed by atoms with Crippen LogP contribution in [0.3, 0.4) is 0 Å². The Morgan fingerprint density at radius 2 is 2.15 bits per heavy atom. The summed E-state index contributed by atoms with van der Waals surface area (Å²) in [5.41, 5.74) is 2.45. The highest BCUT2D eigenvalue weighted by Crippen LogP contribution is 2.31. The summed E-state index contributed by atoms with van der Waals surface area (Å²) >= 11 is 9.60. The molecule has 1 aliphatic rings. The van der Waals surface area contributed by atoms with Gasteiger partial charge in [0.25, 0.3) is 11.8 Å². The van der Waals surface area contributed by atoms with E-state index in [0.29, 0.717) is 26.2 Å². The zero-order valence-electron chi connectivity index (χ0n) is 14.2. The predicted molar refractivity (Wildman–Crippen MR) is 116 cm³/mol. The molecule has 1 saturated heterocycles.